The molecule has 0 radical (unpaired) electrons. The Labute approximate surface area is 143 Å². The second kappa shape index (κ2) is 8.10. The van der Waals surface area contributed by atoms with Crippen LogP contribution in [-0.4, -0.2) is 17.8 Å². The van der Waals surface area contributed by atoms with E-state index in [0.29, 0.717) is 21.3 Å². The molecule has 1 saturated carbocycles. The Bertz CT molecular complexity index is 464. The standard InChI is InChI=1S/C17H25Cl2NS/c1-4-20-16-8-5-12(11(2)3)9-17(16)21-13-6-7-14(18)15(19)10-13/h6-7,10-12,16-17,20H,4-5,8-9H2,1-3H3. The van der Waals surface area contributed by atoms with Gasteiger partial charge in [-0.1, -0.05) is 44.0 Å². The predicted octanol–water partition coefficient (Wildman–Crippen LogP) is 5.89. The van der Waals surface area contributed by atoms with E-state index >= 15 is 0 Å². The highest BCUT2D eigenvalue weighted by atomic mass is 35.5. The fraction of sp³-hybridized carbons (Fsp3) is 0.647. The number of thioether (sulfide) groups is 1. The first-order chi connectivity index (χ1) is 10.0. The Morgan fingerprint density at radius 1 is 1.24 bits per heavy atom. The van der Waals surface area contributed by atoms with Gasteiger partial charge < -0.3 is 5.32 Å². The van der Waals surface area contributed by atoms with Crippen molar-refractivity contribution in [3.05, 3.63) is 28.2 Å². The highest BCUT2D eigenvalue weighted by molar-refractivity contribution is 8.00. The van der Waals surface area contributed by atoms with Gasteiger partial charge in [-0.05, 0) is 55.8 Å². The third-order valence-electron chi connectivity index (χ3n) is 4.42. The number of halogens is 2. The molecule has 1 aromatic carbocycles. The molecule has 3 atom stereocenters. The summed E-state index contributed by atoms with van der Waals surface area (Å²) in [6.07, 6.45) is 3.89. The first-order valence-corrected chi connectivity index (χ1v) is 9.50. The van der Waals surface area contributed by atoms with Crippen LogP contribution in [0.15, 0.2) is 23.1 Å². The van der Waals surface area contributed by atoms with E-state index in [0.717, 1.165) is 18.4 Å². The molecule has 0 aromatic heterocycles. The van der Waals surface area contributed by atoms with Crippen LogP contribution in [0, 0.1) is 11.8 Å². The van der Waals surface area contributed by atoms with Crippen LogP contribution >= 0.6 is 35.0 Å². The smallest absolute Gasteiger partial charge is 0.0603 e. The molecule has 0 heterocycles. The van der Waals surface area contributed by atoms with Gasteiger partial charge in [0, 0.05) is 16.2 Å². The van der Waals surface area contributed by atoms with Crippen molar-refractivity contribution in [2.75, 3.05) is 6.54 Å². The van der Waals surface area contributed by atoms with Crippen LogP contribution in [0.25, 0.3) is 0 Å². The molecule has 1 nitrogen and oxygen atoms in total. The minimum absolute atomic E-state index is 0.601. The molecule has 21 heavy (non-hydrogen) atoms. The molecule has 0 saturated heterocycles. The summed E-state index contributed by atoms with van der Waals surface area (Å²) in [4.78, 5) is 1.22. The van der Waals surface area contributed by atoms with Crippen LogP contribution < -0.4 is 5.32 Å². The average molecular weight is 346 g/mol. The van der Waals surface area contributed by atoms with Gasteiger partial charge in [0.25, 0.3) is 0 Å². The normalized spacial score (nSPS) is 26.3. The zero-order valence-corrected chi connectivity index (χ0v) is 15.4. The van der Waals surface area contributed by atoms with Gasteiger partial charge in [-0.3, -0.25) is 0 Å². The number of hydrogen-bond acceptors (Lipinski definition) is 2. The van der Waals surface area contributed by atoms with E-state index in [-0.39, 0.29) is 0 Å². The van der Waals surface area contributed by atoms with Crippen LogP contribution in [0.3, 0.4) is 0 Å². The van der Waals surface area contributed by atoms with Crippen molar-refractivity contribution in [1.82, 2.24) is 5.32 Å². The van der Waals surface area contributed by atoms with Crippen LogP contribution in [0.1, 0.15) is 40.0 Å². The average Bonchev–Trinajstić information content (AvgIpc) is 2.45. The van der Waals surface area contributed by atoms with Gasteiger partial charge in [-0.2, -0.15) is 0 Å². The minimum Gasteiger partial charge on any atom is -0.313 e. The van der Waals surface area contributed by atoms with Crippen LogP contribution in [0.2, 0.25) is 10.0 Å². The molecule has 0 bridgehead atoms. The lowest BCUT2D eigenvalue weighted by Crippen LogP contribution is -2.43. The molecular weight excluding hydrogens is 321 g/mol. The van der Waals surface area contributed by atoms with Gasteiger partial charge in [0.2, 0.25) is 0 Å². The molecule has 118 valence electrons. The molecule has 1 N–H and O–H groups in total. The highest BCUT2D eigenvalue weighted by Gasteiger charge is 2.32. The van der Waals surface area contributed by atoms with Crippen LogP contribution in [-0.2, 0) is 0 Å². The predicted molar refractivity (Wildman–Crippen MR) is 95.8 cm³/mol. The number of rotatable bonds is 5. The second-order valence-corrected chi connectivity index (χ2v) is 8.34. The number of benzene rings is 1. The summed E-state index contributed by atoms with van der Waals surface area (Å²) >= 11 is 14.1. The Kier molecular flexibility index (Phi) is 6.74. The van der Waals surface area contributed by atoms with Crippen LogP contribution in [0.5, 0.6) is 0 Å². The third kappa shape index (κ3) is 4.79. The Morgan fingerprint density at radius 2 is 2.00 bits per heavy atom. The van der Waals surface area contributed by atoms with Gasteiger partial charge in [0.1, 0.15) is 0 Å². The fourth-order valence-electron chi connectivity index (χ4n) is 3.12. The summed E-state index contributed by atoms with van der Waals surface area (Å²) in [6, 6.07) is 6.58. The lowest BCUT2D eigenvalue weighted by molar-refractivity contribution is 0.247. The summed E-state index contributed by atoms with van der Waals surface area (Å²) in [7, 11) is 0. The molecule has 1 aliphatic carbocycles. The lowest BCUT2D eigenvalue weighted by atomic mass is 9.79. The van der Waals surface area contributed by atoms with E-state index in [1.807, 2.05) is 23.9 Å². The Morgan fingerprint density at radius 3 is 2.62 bits per heavy atom. The van der Waals surface area contributed by atoms with Crippen molar-refractivity contribution in [2.45, 2.75) is 56.2 Å². The molecule has 3 unspecified atom stereocenters. The zero-order valence-electron chi connectivity index (χ0n) is 13.0. The molecule has 4 heteroatoms. The van der Waals surface area contributed by atoms with Crippen molar-refractivity contribution in [3.63, 3.8) is 0 Å². The minimum atomic E-state index is 0.601. The first kappa shape index (κ1) is 17.5. The summed E-state index contributed by atoms with van der Waals surface area (Å²) in [5.41, 5.74) is 0. The van der Waals surface area contributed by atoms with Crippen molar-refractivity contribution in [2.24, 2.45) is 11.8 Å². The summed E-state index contributed by atoms with van der Waals surface area (Å²) < 4.78 is 0. The van der Waals surface area contributed by atoms with Gasteiger partial charge in [0.05, 0.1) is 10.0 Å². The summed E-state index contributed by atoms with van der Waals surface area (Å²) in [5, 5.41) is 5.56. The highest BCUT2D eigenvalue weighted by Crippen LogP contribution is 2.40. The number of hydrogen-bond donors (Lipinski definition) is 1. The molecule has 0 amide bonds. The Balaban J connectivity index is 2.09. The molecule has 2 rings (SSSR count). The molecule has 0 spiro atoms. The monoisotopic (exact) mass is 345 g/mol. The molecular formula is C17H25Cl2NS. The van der Waals surface area contributed by atoms with Gasteiger partial charge in [0.15, 0.2) is 0 Å². The maximum absolute atomic E-state index is 6.15. The van der Waals surface area contributed by atoms with E-state index in [1.165, 1.54) is 24.2 Å². The van der Waals surface area contributed by atoms with Gasteiger partial charge >= 0.3 is 0 Å². The Hall–Kier alpha value is 0.110. The van der Waals surface area contributed by atoms with E-state index in [2.05, 4.69) is 32.2 Å². The van der Waals surface area contributed by atoms with Crippen molar-refractivity contribution >= 4 is 35.0 Å². The van der Waals surface area contributed by atoms with E-state index in [1.54, 1.807) is 0 Å². The first-order valence-electron chi connectivity index (χ1n) is 7.86. The number of nitrogens with one attached hydrogen (secondary N) is 1. The molecule has 0 aliphatic heterocycles. The fourth-order valence-corrected chi connectivity index (χ4v) is 4.90. The van der Waals surface area contributed by atoms with E-state index in [9.17, 15) is 0 Å². The zero-order chi connectivity index (χ0) is 15.4. The van der Waals surface area contributed by atoms with Gasteiger partial charge in [-0.15, -0.1) is 11.8 Å². The quantitative estimate of drug-likeness (QED) is 0.713. The third-order valence-corrected chi connectivity index (χ3v) is 6.51. The van der Waals surface area contributed by atoms with E-state index in [4.69, 9.17) is 23.2 Å². The second-order valence-electron chi connectivity index (χ2n) is 6.21. The maximum atomic E-state index is 6.15. The SMILES string of the molecule is CCNC1CCC(C(C)C)CC1Sc1ccc(Cl)c(Cl)c1. The molecule has 1 fully saturated rings. The van der Waals surface area contributed by atoms with Crippen molar-refractivity contribution in [3.8, 4) is 0 Å². The van der Waals surface area contributed by atoms with Crippen LogP contribution in [0.4, 0.5) is 0 Å². The maximum Gasteiger partial charge on any atom is 0.0603 e. The van der Waals surface area contributed by atoms with E-state index < -0.39 is 0 Å². The molecule has 1 aliphatic rings. The lowest BCUT2D eigenvalue weighted by Gasteiger charge is -2.38. The van der Waals surface area contributed by atoms with Gasteiger partial charge in [-0.25, -0.2) is 0 Å². The largest absolute Gasteiger partial charge is 0.313 e. The summed E-state index contributed by atoms with van der Waals surface area (Å²) in [6.45, 7) is 7.92. The van der Waals surface area contributed by atoms with Crippen molar-refractivity contribution in [1.29, 1.82) is 0 Å². The van der Waals surface area contributed by atoms with Crippen molar-refractivity contribution < 1.29 is 0 Å². The summed E-state index contributed by atoms with van der Waals surface area (Å²) in [5.74, 6) is 1.60. The molecule has 1 aromatic rings. The topological polar surface area (TPSA) is 12.0 Å².